The van der Waals surface area contributed by atoms with Crippen molar-refractivity contribution < 1.29 is 0 Å². The molecule has 0 amide bonds. The molecule has 7 heteroatoms. The molecule has 0 saturated carbocycles. The third-order valence-corrected chi connectivity index (χ3v) is 3.54. The lowest BCUT2D eigenvalue weighted by atomic mass is 10.2. The van der Waals surface area contributed by atoms with Crippen molar-refractivity contribution in [2.24, 2.45) is 4.99 Å². The van der Waals surface area contributed by atoms with Crippen LogP contribution < -0.4 is 5.56 Å². The van der Waals surface area contributed by atoms with Crippen LogP contribution in [0.1, 0.15) is 31.2 Å². The lowest BCUT2D eigenvalue weighted by Gasteiger charge is -2.11. The highest BCUT2D eigenvalue weighted by molar-refractivity contribution is 6.66. The summed E-state index contributed by atoms with van der Waals surface area (Å²) in [6.07, 6.45) is 2.44. The van der Waals surface area contributed by atoms with E-state index in [0.29, 0.717) is 34.6 Å². The molecule has 0 aromatic carbocycles. The number of unbranched alkanes of at least 4 members (excludes halogenated alkanes) is 1. The van der Waals surface area contributed by atoms with E-state index in [0.717, 1.165) is 19.4 Å². The molecule has 19 heavy (non-hydrogen) atoms. The Balaban J connectivity index is 2.34. The third kappa shape index (κ3) is 1.78. The molecule has 0 aliphatic carbocycles. The van der Waals surface area contributed by atoms with Crippen molar-refractivity contribution in [3.8, 4) is 0 Å². The highest BCUT2D eigenvalue weighted by Gasteiger charge is 2.24. The Morgan fingerprint density at radius 2 is 2.16 bits per heavy atom. The fraction of sp³-hybridized carbons (Fsp3) is 0.500. The summed E-state index contributed by atoms with van der Waals surface area (Å²) < 4.78 is 3.48. The van der Waals surface area contributed by atoms with Crippen LogP contribution in [0.4, 0.5) is 5.82 Å². The third-order valence-electron chi connectivity index (χ3n) is 3.32. The largest absolute Gasteiger partial charge is 0.294 e. The van der Waals surface area contributed by atoms with E-state index in [9.17, 15) is 4.79 Å². The number of aromatic nitrogens is 4. The number of halogens is 1. The molecule has 0 fully saturated rings. The monoisotopic (exact) mass is 279 g/mol. The number of hydrogen-bond acceptors (Lipinski definition) is 4. The quantitative estimate of drug-likeness (QED) is 0.861. The van der Waals surface area contributed by atoms with Crippen LogP contribution in [0.2, 0.25) is 0 Å². The molecule has 1 aliphatic heterocycles. The van der Waals surface area contributed by atoms with Gasteiger partial charge >= 0.3 is 0 Å². The summed E-state index contributed by atoms with van der Waals surface area (Å²) in [6, 6.07) is 0. The first kappa shape index (κ1) is 12.3. The number of nitrogens with zero attached hydrogens (tertiary/aromatic N) is 5. The highest BCUT2D eigenvalue weighted by Crippen LogP contribution is 2.27. The molecule has 0 radical (unpaired) electrons. The fourth-order valence-corrected chi connectivity index (χ4v) is 2.57. The van der Waals surface area contributed by atoms with Gasteiger partial charge in [0.25, 0.3) is 5.56 Å². The van der Waals surface area contributed by atoms with Crippen LogP contribution in [-0.2, 0) is 13.0 Å². The molecular weight excluding hydrogens is 266 g/mol. The van der Waals surface area contributed by atoms with Gasteiger partial charge in [0.1, 0.15) is 16.8 Å². The van der Waals surface area contributed by atoms with E-state index in [1.54, 1.807) is 11.3 Å². The maximum atomic E-state index is 12.4. The Morgan fingerprint density at radius 3 is 2.89 bits per heavy atom. The van der Waals surface area contributed by atoms with Gasteiger partial charge in [-0.25, -0.2) is 9.39 Å². The number of rotatable bonds is 3. The van der Waals surface area contributed by atoms with Crippen molar-refractivity contribution in [1.29, 1.82) is 0 Å². The molecule has 1 aliphatic rings. The summed E-state index contributed by atoms with van der Waals surface area (Å²) in [5.41, 5.74) is 0.524. The number of aliphatic imine (C=N–C) groups is 1. The number of aryl methyl sites for hydroxylation is 2. The second-order valence-corrected chi connectivity index (χ2v) is 5.10. The molecule has 0 unspecified atom stereocenters. The van der Waals surface area contributed by atoms with Gasteiger partial charge in [-0.2, -0.15) is 0 Å². The average molecular weight is 280 g/mol. The van der Waals surface area contributed by atoms with E-state index in [4.69, 9.17) is 11.6 Å². The minimum atomic E-state index is -0.111. The van der Waals surface area contributed by atoms with Gasteiger partial charge in [-0.15, -0.1) is 10.2 Å². The highest BCUT2D eigenvalue weighted by atomic mass is 35.5. The molecule has 0 spiro atoms. The zero-order valence-electron chi connectivity index (χ0n) is 10.9. The van der Waals surface area contributed by atoms with Gasteiger partial charge in [-0.3, -0.25) is 9.36 Å². The first-order valence-corrected chi connectivity index (χ1v) is 6.71. The smallest absolute Gasteiger partial charge is 0.266 e. The van der Waals surface area contributed by atoms with E-state index in [1.165, 1.54) is 0 Å². The van der Waals surface area contributed by atoms with Crippen molar-refractivity contribution >= 4 is 28.4 Å². The fourth-order valence-electron chi connectivity index (χ4n) is 2.36. The predicted molar refractivity (Wildman–Crippen MR) is 73.5 cm³/mol. The maximum Gasteiger partial charge on any atom is 0.266 e. The Kier molecular flexibility index (Phi) is 2.89. The average Bonchev–Trinajstić information content (AvgIpc) is 2.94. The molecular formula is C12H14ClN5O. The van der Waals surface area contributed by atoms with E-state index in [2.05, 4.69) is 22.1 Å². The molecule has 100 valence electrons. The molecule has 2 aromatic heterocycles. The van der Waals surface area contributed by atoms with Crippen LogP contribution in [0.15, 0.2) is 9.79 Å². The van der Waals surface area contributed by atoms with Crippen molar-refractivity contribution in [3.63, 3.8) is 0 Å². The first-order chi connectivity index (χ1) is 9.13. The summed E-state index contributed by atoms with van der Waals surface area (Å²) in [7, 11) is 0. The van der Waals surface area contributed by atoms with Gasteiger partial charge in [0.2, 0.25) is 5.78 Å². The van der Waals surface area contributed by atoms with Crippen molar-refractivity contribution in [1.82, 2.24) is 19.2 Å². The topological polar surface area (TPSA) is 64.5 Å². The maximum absolute atomic E-state index is 12.4. The SMILES string of the molecule is CCCCn1c2c(c(=O)n3c(C)nnc13)CC(Cl)=N2. The van der Waals surface area contributed by atoms with E-state index in [-0.39, 0.29) is 5.56 Å². The lowest BCUT2D eigenvalue weighted by molar-refractivity contribution is 0.631. The van der Waals surface area contributed by atoms with Crippen molar-refractivity contribution in [2.45, 2.75) is 39.7 Å². The van der Waals surface area contributed by atoms with Gasteiger partial charge < -0.3 is 0 Å². The van der Waals surface area contributed by atoms with Crippen LogP contribution in [0.25, 0.3) is 5.78 Å². The second-order valence-electron chi connectivity index (χ2n) is 4.66. The normalized spacial score (nSPS) is 13.9. The van der Waals surface area contributed by atoms with Gasteiger partial charge in [0.15, 0.2) is 0 Å². The minimum Gasteiger partial charge on any atom is -0.294 e. The van der Waals surface area contributed by atoms with Crippen LogP contribution >= 0.6 is 11.6 Å². The minimum absolute atomic E-state index is 0.111. The second kappa shape index (κ2) is 4.45. The first-order valence-electron chi connectivity index (χ1n) is 6.34. The number of hydrogen-bond donors (Lipinski definition) is 0. The Hall–Kier alpha value is -1.69. The Labute approximate surface area is 114 Å². The Bertz CT molecular complexity index is 743. The lowest BCUT2D eigenvalue weighted by Crippen LogP contribution is -2.23. The molecule has 0 saturated heterocycles. The molecule has 6 nitrogen and oxygen atoms in total. The molecule has 3 heterocycles. The molecule has 2 aromatic rings. The summed E-state index contributed by atoms with van der Waals surface area (Å²) in [5, 5.41) is 8.55. The van der Waals surface area contributed by atoms with Crippen LogP contribution in [0, 0.1) is 6.92 Å². The van der Waals surface area contributed by atoms with Crippen LogP contribution in [0.3, 0.4) is 0 Å². The molecule has 0 N–H and O–H groups in total. The van der Waals surface area contributed by atoms with Gasteiger partial charge in [0, 0.05) is 13.0 Å². The standard InChI is InChI=1S/C12H14ClN5O/c1-3-4-5-17-10-8(6-9(13)14-10)11(19)18-7(2)15-16-12(17)18/h3-6H2,1-2H3. The molecule has 3 rings (SSSR count). The van der Waals surface area contributed by atoms with Gasteiger partial charge in [-0.1, -0.05) is 24.9 Å². The summed E-state index contributed by atoms with van der Waals surface area (Å²) in [6.45, 7) is 4.65. The van der Waals surface area contributed by atoms with Crippen molar-refractivity contribution in [3.05, 3.63) is 21.7 Å². The Morgan fingerprint density at radius 1 is 1.37 bits per heavy atom. The van der Waals surface area contributed by atoms with Crippen LogP contribution in [0.5, 0.6) is 0 Å². The van der Waals surface area contributed by atoms with E-state index >= 15 is 0 Å². The summed E-state index contributed by atoms with van der Waals surface area (Å²) >= 11 is 5.99. The van der Waals surface area contributed by atoms with Gasteiger partial charge in [-0.05, 0) is 13.3 Å². The molecule has 0 bridgehead atoms. The zero-order chi connectivity index (χ0) is 13.6. The predicted octanol–water partition coefficient (Wildman–Crippen LogP) is 1.82. The van der Waals surface area contributed by atoms with Gasteiger partial charge in [0.05, 0.1) is 5.56 Å². The van der Waals surface area contributed by atoms with E-state index < -0.39 is 0 Å². The zero-order valence-corrected chi connectivity index (χ0v) is 11.6. The number of fused-ring (bicyclic) bond motifs is 2. The van der Waals surface area contributed by atoms with Crippen LogP contribution in [-0.4, -0.2) is 24.3 Å². The van der Waals surface area contributed by atoms with E-state index in [1.807, 2.05) is 4.57 Å². The molecule has 0 atom stereocenters. The van der Waals surface area contributed by atoms with Crippen molar-refractivity contribution in [2.75, 3.05) is 0 Å². The summed E-state index contributed by atoms with van der Waals surface area (Å²) in [4.78, 5) is 16.7. The summed E-state index contributed by atoms with van der Waals surface area (Å²) in [5.74, 6) is 1.78.